The van der Waals surface area contributed by atoms with Gasteiger partial charge in [0.2, 0.25) is 0 Å². The van der Waals surface area contributed by atoms with Crippen molar-refractivity contribution in [1.29, 1.82) is 0 Å². The van der Waals surface area contributed by atoms with Gasteiger partial charge in [0, 0.05) is 13.7 Å². The molecule has 104 valence electrons. The molecule has 1 heterocycles. The average molecular weight is 273 g/mol. The van der Waals surface area contributed by atoms with Gasteiger partial charge in [0.1, 0.15) is 11.5 Å². The summed E-state index contributed by atoms with van der Waals surface area (Å²) >= 11 is 1.77. The summed E-state index contributed by atoms with van der Waals surface area (Å²) in [5.41, 5.74) is 0. The van der Waals surface area contributed by atoms with E-state index in [1.54, 1.807) is 18.9 Å². The van der Waals surface area contributed by atoms with Crippen molar-refractivity contribution in [1.82, 2.24) is 5.32 Å². The Balaban J connectivity index is 1.96. The van der Waals surface area contributed by atoms with E-state index in [9.17, 15) is 0 Å². The first kappa shape index (κ1) is 15.6. The topological polar surface area (TPSA) is 43.6 Å². The largest absolute Gasteiger partial charge is 0.464 e. The molecule has 0 aliphatic heterocycles. The summed E-state index contributed by atoms with van der Waals surface area (Å²) in [7, 11) is 1.68. The van der Waals surface area contributed by atoms with Gasteiger partial charge in [-0.2, -0.15) is 11.8 Å². The van der Waals surface area contributed by atoms with Crippen molar-refractivity contribution in [3.8, 4) is 0 Å². The third-order valence-electron chi connectivity index (χ3n) is 2.38. The smallest absolute Gasteiger partial charge is 0.117 e. The Morgan fingerprint density at radius 3 is 2.83 bits per heavy atom. The van der Waals surface area contributed by atoms with Crippen LogP contribution in [0.25, 0.3) is 0 Å². The molecule has 0 amide bonds. The van der Waals surface area contributed by atoms with Crippen molar-refractivity contribution in [3.05, 3.63) is 23.7 Å². The van der Waals surface area contributed by atoms with Crippen LogP contribution in [0.5, 0.6) is 0 Å². The lowest BCUT2D eigenvalue weighted by molar-refractivity contribution is 0.0694. The van der Waals surface area contributed by atoms with Gasteiger partial charge in [-0.1, -0.05) is 0 Å². The highest BCUT2D eigenvalue weighted by molar-refractivity contribution is 7.97. The van der Waals surface area contributed by atoms with Crippen LogP contribution in [0.4, 0.5) is 0 Å². The van der Waals surface area contributed by atoms with Gasteiger partial charge in [-0.15, -0.1) is 0 Å². The van der Waals surface area contributed by atoms with Crippen LogP contribution in [0.15, 0.2) is 16.5 Å². The van der Waals surface area contributed by atoms with Crippen LogP contribution in [0.2, 0.25) is 0 Å². The van der Waals surface area contributed by atoms with E-state index in [1.807, 2.05) is 12.1 Å². The molecule has 1 aromatic rings. The highest BCUT2D eigenvalue weighted by Crippen LogP contribution is 2.13. The Bertz CT molecular complexity index is 304. The molecule has 0 spiro atoms. The van der Waals surface area contributed by atoms with Crippen LogP contribution in [-0.2, 0) is 21.8 Å². The zero-order chi connectivity index (χ0) is 13.1. The molecule has 18 heavy (non-hydrogen) atoms. The predicted molar refractivity (Wildman–Crippen MR) is 74.9 cm³/mol. The maximum atomic E-state index is 5.65. The van der Waals surface area contributed by atoms with E-state index in [1.165, 1.54) is 0 Å². The fourth-order valence-electron chi connectivity index (χ4n) is 1.49. The summed E-state index contributed by atoms with van der Waals surface area (Å²) in [6, 6.07) is 4.08. The number of hydrogen-bond donors (Lipinski definition) is 1. The molecule has 0 fully saturated rings. The Morgan fingerprint density at radius 1 is 1.22 bits per heavy atom. The number of hydrogen-bond acceptors (Lipinski definition) is 5. The molecule has 5 heteroatoms. The first-order chi connectivity index (χ1) is 8.86. The second-order valence-corrected chi connectivity index (χ2v) is 4.80. The van der Waals surface area contributed by atoms with E-state index in [2.05, 4.69) is 11.6 Å². The Kier molecular flexibility index (Phi) is 9.02. The lowest BCUT2D eigenvalue weighted by Crippen LogP contribution is -2.16. The molecule has 0 aliphatic rings. The van der Waals surface area contributed by atoms with Gasteiger partial charge >= 0.3 is 0 Å². The summed E-state index contributed by atoms with van der Waals surface area (Å²) in [4.78, 5) is 0. The molecule has 0 saturated heterocycles. The van der Waals surface area contributed by atoms with Crippen molar-refractivity contribution >= 4 is 11.8 Å². The van der Waals surface area contributed by atoms with Crippen molar-refractivity contribution in [2.45, 2.75) is 18.7 Å². The van der Waals surface area contributed by atoms with E-state index in [0.717, 1.165) is 43.4 Å². The Morgan fingerprint density at radius 2 is 2.06 bits per heavy atom. The lowest BCUT2D eigenvalue weighted by atomic mass is 10.4. The number of methoxy groups -OCH3 is 1. The molecular formula is C13H23NO3S. The predicted octanol–water partition coefficient (Wildman–Crippen LogP) is 2.29. The Hall–Kier alpha value is -0.490. The summed E-state index contributed by atoms with van der Waals surface area (Å²) in [6.45, 7) is 3.83. The van der Waals surface area contributed by atoms with Crippen molar-refractivity contribution in [2.75, 3.05) is 39.7 Å². The van der Waals surface area contributed by atoms with Gasteiger partial charge in [-0.05, 0) is 31.4 Å². The van der Waals surface area contributed by atoms with Crippen molar-refractivity contribution in [3.63, 3.8) is 0 Å². The van der Waals surface area contributed by atoms with Crippen LogP contribution >= 0.6 is 11.8 Å². The zero-order valence-corrected chi connectivity index (χ0v) is 12.1. The molecule has 1 aromatic heterocycles. The number of nitrogens with one attached hydrogen (secondary N) is 1. The zero-order valence-electron chi connectivity index (χ0n) is 11.2. The number of furan rings is 1. The molecular weight excluding hydrogens is 250 g/mol. The fraction of sp³-hybridized carbons (Fsp3) is 0.692. The van der Waals surface area contributed by atoms with Crippen molar-refractivity contribution < 1.29 is 13.9 Å². The molecule has 1 rings (SSSR count). The van der Waals surface area contributed by atoms with E-state index >= 15 is 0 Å². The lowest BCUT2D eigenvalue weighted by Gasteiger charge is -2.04. The van der Waals surface area contributed by atoms with Crippen LogP contribution in [0.1, 0.15) is 17.9 Å². The van der Waals surface area contributed by atoms with Gasteiger partial charge in [-0.25, -0.2) is 0 Å². The number of ether oxygens (including phenoxy) is 2. The van der Waals surface area contributed by atoms with E-state index < -0.39 is 0 Å². The maximum absolute atomic E-state index is 5.65. The van der Waals surface area contributed by atoms with Gasteiger partial charge in [0.15, 0.2) is 0 Å². The summed E-state index contributed by atoms with van der Waals surface area (Å²) in [6.07, 6.45) is 3.08. The average Bonchev–Trinajstić information content (AvgIpc) is 2.81. The highest BCUT2D eigenvalue weighted by Gasteiger charge is 2.00. The molecule has 0 atom stereocenters. The van der Waals surface area contributed by atoms with Crippen LogP contribution in [0.3, 0.4) is 0 Å². The minimum Gasteiger partial charge on any atom is -0.464 e. The monoisotopic (exact) mass is 273 g/mol. The first-order valence-electron chi connectivity index (χ1n) is 6.20. The van der Waals surface area contributed by atoms with Gasteiger partial charge in [0.25, 0.3) is 0 Å². The van der Waals surface area contributed by atoms with Crippen LogP contribution in [0, 0.1) is 0 Å². The molecule has 0 aromatic carbocycles. The molecule has 0 unspecified atom stereocenters. The van der Waals surface area contributed by atoms with E-state index in [0.29, 0.717) is 13.2 Å². The summed E-state index contributed by atoms with van der Waals surface area (Å²) in [5, 5.41) is 3.34. The summed E-state index contributed by atoms with van der Waals surface area (Å²) < 4.78 is 15.9. The minimum atomic E-state index is 0.665. The normalized spacial score (nSPS) is 11.0. The Labute approximate surface area is 113 Å². The maximum Gasteiger partial charge on any atom is 0.117 e. The standard InChI is InChI=1S/C13H23NO3S/c1-15-8-9-16-7-3-6-14-10-12-4-5-13(17-12)11-18-2/h4-5,14H,3,6-11H2,1-2H3. The first-order valence-corrected chi connectivity index (χ1v) is 7.60. The second kappa shape index (κ2) is 10.4. The number of rotatable bonds is 11. The van der Waals surface area contributed by atoms with Gasteiger partial charge in [0.05, 0.1) is 25.5 Å². The third kappa shape index (κ3) is 7.06. The SMILES string of the molecule is COCCOCCCNCc1ccc(CSC)o1. The molecule has 1 N–H and O–H groups in total. The van der Waals surface area contributed by atoms with E-state index in [-0.39, 0.29) is 0 Å². The molecule has 0 saturated carbocycles. The van der Waals surface area contributed by atoms with E-state index in [4.69, 9.17) is 13.9 Å². The fourth-order valence-corrected chi connectivity index (χ4v) is 1.93. The molecule has 0 aliphatic carbocycles. The van der Waals surface area contributed by atoms with Crippen LogP contribution < -0.4 is 5.32 Å². The third-order valence-corrected chi connectivity index (χ3v) is 2.95. The molecule has 0 radical (unpaired) electrons. The van der Waals surface area contributed by atoms with Crippen molar-refractivity contribution in [2.24, 2.45) is 0 Å². The highest BCUT2D eigenvalue weighted by atomic mass is 32.2. The summed E-state index contributed by atoms with van der Waals surface area (Å²) in [5.74, 6) is 2.98. The second-order valence-electron chi connectivity index (χ2n) is 3.94. The van der Waals surface area contributed by atoms with Crippen LogP contribution in [-0.4, -0.2) is 39.7 Å². The quantitative estimate of drug-likeness (QED) is 0.627. The number of thioether (sulfide) groups is 1. The minimum absolute atomic E-state index is 0.665. The molecule has 0 bridgehead atoms. The molecule has 4 nitrogen and oxygen atoms in total. The van der Waals surface area contributed by atoms with Gasteiger partial charge < -0.3 is 19.2 Å². The van der Waals surface area contributed by atoms with Gasteiger partial charge in [-0.3, -0.25) is 0 Å².